The highest BCUT2D eigenvalue weighted by Crippen LogP contribution is 2.44. The van der Waals surface area contributed by atoms with Crippen molar-refractivity contribution in [2.24, 2.45) is 11.3 Å². The number of aliphatic carboxylic acids is 1. The number of aryl methyl sites for hydroxylation is 1. The second-order valence-corrected chi connectivity index (χ2v) is 5.32. The topological polar surface area (TPSA) is 57.5 Å². The van der Waals surface area contributed by atoms with Gasteiger partial charge in [-0.25, -0.2) is 0 Å². The Labute approximate surface area is 101 Å². The zero-order chi connectivity index (χ0) is 12.6. The number of hydrogen-bond acceptors (Lipinski definition) is 2. The minimum Gasteiger partial charge on any atom is -0.481 e. The van der Waals surface area contributed by atoms with Crippen LogP contribution in [0.4, 0.5) is 0 Å². The lowest BCUT2D eigenvalue weighted by atomic mass is 9.68. The molecule has 2 atom stereocenters. The molecular weight excluding hydrogens is 216 g/mol. The molecule has 3 heteroatoms. The first-order valence-electron chi connectivity index (χ1n) is 5.94. The first kappa shape index (κ1) is 12.1. The van der Waals surface area contributed by atoms with Gasteiger partial charge in [0.25, 0.3) is 0 Å². The summed E-state index contributed by atoms with van der Waals surface area (Å²) in [4.78, 5) is 11.3. The molecule has 0 heterocycles. The fourth-order valence-corrected chi connectivity index (χ4v) is 2.65. The van der Waals surface area contributed by atoms with Crippen LogP contribution in [0.2, 0.25) is 0 Å². The van der Waals surface area contributed by atoms with Crippen molar-refractivity contribution in [2.75, 3.05) is 0 Å². The quantitative estimate of drug-likeness (QED) is 0.826. The summed E-state index contributed by atoms with van der Waals surface area (Å²) < 4.78 is 0. The lowest BCUT2D eigenvalue weighted by molar-refractivity contribution is -0.154. The molecule has 1 aliphatic rings. The van der Waals surface area contributed by atoms with Gasteiger partial charge in [-0.1, -0.05) is 24.3 Å². The number of carboxylic acid groups (broad SMARTS) is 1. The normalized spacial score (nSPS) is 24.2. The third-order valence-corrected chi connectivity index (χ3v) is 3.96. The molecule has 1 aromatic rings. The highest BCUT2D eigenvalue weighted by molar-refractivity contribution is 5.74. The Balaban J connectivity index is 2.35. The van der Waals surface area contributed by atoms with Crippen LogP contribution >= 0.6 is 0 Å². The van der Waals surface area contributed by atoms with E-state index in [0.717, 1.165) is 24.0 Å². The van der Waals surface area contributed by atoms with Crippen molar-refractivity contribution in [3.05, 3.63) is 35.4 Å². The van der Waals surface area contributed by atoms with Gasteiger partial charge in [0.05, 0.1) is 11.5 Å². The number of carboxylic acids is 1. The van der Waals surface area contributed by atoms with Gasteiger partial charge in [-0.15, -0.1) is 0 Å². The zero-order valence-corrected chi connectivity index (χ0v) is 10.2. The monoisotopic (exact) mass is 234 g/mol. The molecule has 1 unspecified atom stereocenters. The fourth-order valence-electron chi connectivity index (χ4n) is 2.65. The third-order valence-electron chi connectivity index (χ3n) is 3.96. The van der Waals surface area contributed by atoms with Crippen LogP contribution in [0.25, 0.3) is 0 Å². The summed E-state index contributed by atoms with van der Waals surface area (Å²) in [6.07, 6.45) is 0.887. The molecule has 2 rings (SSSR count). The van der Waals surface area contributed by atoms with Gasteiger partial charge in [-0.3, -0.25) is 4.79 Å². The summed E-state index contributed by atoms with van der Waals surface area (Å²) in [5.41, 5.74) is 1.13. The maximum atomic E-state index is 11.3. The number of rotatable bonds is 2. The van der Waals surface area contributed by atoms with E-state index in [2.05, 4.69) is 0 Å². The van der Waals surface area contributed by atoms with Crippen molar-refractivity contribution < 1.29 is 15.0 Å². The van der Waals surface area contributed by atoms with Gasteiger partial charge in [0, 0.05) is 5.92 Å². The van der Waals surface area contributed by atoms with Gasteiger partial charge < -0.3 is 10.2 Å². The van der Waals surface area contributed by atoms with Gasteiger partial charge in [-0.05, 0) is 37.8 Å². The summed E-state index contributed by atoms with van der Waals surface area (Å²) in [5, 5.41) is 19.6. The maximum absolute atomic E-state index is 11.3. The van der Waals surface area contributed by atoms with Crippen LogP contribution in [0.15, 0.2) is 24.3 Å². The molecule has 2 N–H and O–H groups in total. The number of aliphatic hydroxyl groups excluding tert-OH is 1. The summed E-state index contributed by atoms with van der Waals surface area (Å²) in [5.74, 6) is -1.07. The lowest BCUT2D eigenvalue weighted by Crippen LogP contribution is -2.38. The molecule has 3 nitrogen and oxygen atoms in total. The number of hydrogen-bond donors (Lipinski definition) is 2. The average molecular weight is 234 g/mol. The van der Waals surface area contributed by atoms with E-state index >= 15 is 0 Å². The molecule has 0 saturated heterocycles. The van der Waals surface area contributed by atoms with E-state index < -0.39 is 17.5 Å². The maximum Gasteiger partial charge on any atom is 0.309 e. The zero-order valence-electron chi connectivity index (χ0n) is 10.2. The van der Waals surface area contributed by atoms with Crippen LogP contribution in [0.5, 0.6) is 0 Å². The minimum absolute atomic E-state index is 0.227. The number of benzene rings is 1. The van der Waals surface area contributed by atoms with E-state index in [1.54, 1.807) is 13.8 Å². The van der Waals surface area contributed by atoms with Crippen LogP contribution in [0, 0.1) is 11.3 Å². The Morgan fingerprint density at radius 1 is 1.35 bits per heavy atom. The summed E-state index contributed by atoms with van der Waals surface area (Å²) in [6, 6.07) is 7.74. The van der Waals surface area contributed by atoms with Crippen LogP contribution in [-0.2, 0) is 11.2 Å². The van der Waals surface area contributed by atoms with Gasteiger partial charge in [0.1, 0.15) is 0 Å². The van der Waals surface area contributed by atoms with E-state index in [1.807, 2.05) is 24.3 Å². The Kier molecular flexibility index (Phi) is 2.96. The van der Waals surface area contributed by atoms with Gasteiger partial charge in [-0.2, -0.15) is 0 Å². The summed E-state index contributed by atoms with van der Waals surface area (Å²) in [6.45, 7) is 3.38. The molecule has 17 heavy (non-hydrogen) atoms. The Hall–Kier alpha value is -1.35. The SMILES string of the molecule is CC(C)(C(=O)O)C1CCc2ccccc2[C@@H]1O. The van der Waals surface area contributed by atoms with Crippen molar-refractivity contribution in [3.8, 4) is 0 Å². The first-order chi connectivity index (χ1) is 7.94. The summed E-state index contributed by atoms with van der Waals surface area (Å²) in [7, 11) is 0. The summed E-state index contributed by atoms with van der Waals surface area (Å²) >= 11 is 0. The molecule has 0 bridgehead atoms. The number of carbonyl (C=O) groups is 1. The van der Waals surface area contributed by atoms with Crippen LogP contribution in [-0.4, -0.2) is 16.2 Å². The van der Waals surface area contributed by atoms with Gasteiger partial charge in [0.2, 0.25) is 0 Å². The standard InChI is InChI=1S/C14H18O3/c1-14(2,13(16)17)11-8-7-9-5-3-4-6-10(9)12(11)15/h3-6,11-12,15H,7-8H2,1-2H3,(H,16,17)/t11?,12-/m0/s1. The Morgan fingerprint density at radius 3 is 2.65 bits per heavy atom. The second kappa shape index (κ2) is 4.15. The van der Waals surface area contributed by atoms with Crippen molar-refractivity contribution in [1.29, 1.82) is 0 Å². The molecule has 0 fully saturated rings. The fraction of sp³-hybridized carbons (Fsp3) is 0.500. The van der Waals surface area contributed by atoms with Gasteiger partial charge in [0.15, 0.2) is 0 Å². The molecule has 1 aromatic carbocycles. The van der Waals surface area contributed by atoms with Gasteiger partial charge >= 0.3 is 5.97 Å². The van der Waals surface area contributed by atoms with E-state index in [1.165, 1.54) is 0 Å². The number of aliphatic hydroxyl groups is 1. The van der Waals surface area contributed by atoms with Crippen molar-refractivity contribution in [3.63, 3.8) is 0 Å². The Bertz CT molecular complexity index is 437. The molecule has 92 valence electrons. The van der Waals surface area contributed by atoms with Crippen LogP contribution in [0.3, 0.4) is 0 Å². The minimum atomic E-state index is -0.896. The van der Waals surface area contributed by atoms with Crippen molar-refractivity contribution in [1.82, 2.24) is 0 Å². The molecule has 0 aliphatic heterocycles. The predicted octanol–water partition coefficient (Wildman–Crippen LogP) is 2.39. The molecule has 0 radical (unpaired) electrons. The smallest absolute Gasteiger partial charge is 0.309 e. The van der Waals surface area contributed by atoms with Crippen LogP contribution < -0.4 is 0 Å². The van der Waals surface area contributed by atoms with E-state index in [4.69, 9.17) is 0 Å². The molecule has 0 amide bonds. The molecule has 0 spiro atoms. The predicted molar refractivity (Wildman–Crippen MR) is 64.6 cm³/mol. The largest absolute Gasteiger partial charge is 0.481 e. The van der Waals surface area contributed by atoms with Crippen molar-refractivity contribution >= 4 is 5.97 Å². The Morgan fingerprint density at radius 2 is 2.00 bits per heavy atom. The molecule has 1 aliphatic carbocycles. The van der Waals surface area contributed by atoms with Crippen molar-refractivity contribution in [2.45, 2.75) is 32.8 Å². The lowest BCUT2D eigenvalue weighted by Gasteiger charge is -2.38. The molecule has 0 saturated carbocycles. The highest BCUT2D eigenvalue weighted by Gasteiger charge is 2.43. The highest BCUT2D eigenvalue weighted by atomic mass is 16.4. The first-order valence-corrected chi connectivity index (χ1v) is 5.94. The van der Waals surface area contributed by atoms with E-state index in [0.29, 0.717) is 0 Å². The molecular formula is C14H18O3. The third kappa shape index (κ3) is 1.95. The average Bonchev–Trinajstić information content (AvgIpc) is 2.29. The second-order valence-electron chi connectivity index (χ2n) is 5.32. The number of fused-ring (bicyclic) bond motifs is 1. The van der Waals surface area contributed by atoms with Crippen LogP contribution in [0.1, 0.15) is 37.5 Å². The molecule has 0 aromatic heterocycles. The van der Waals surface area contributed by atoms with E-state index in [-0.39, 0.29) is 5.92 Å². The van der Waals surface area contributed by atoms with E-state index in [9.17, 15) is 15.0 Å².